The van der Waals surface area contributed by atoms with Gasteiger partial charge >= 0.3 is 0 Å². The van der Waals surface area contributed by atoms with E-state index in [0.29, 0.717) is 11.6 Å². The van der Waals surface area contributed by atoms with Crippen molar-refractivity contribution in [3.63, 3.8) is 0 Å². The van der Waals surface area contributed by atoms with E-state index in [4.69, 9.17) is 11.5 Å². The maximum absolute atomic E-state index is 5.73. The second-order valence-electron chi connectivity index (χ2n) is 3.43. The minimum Gasteiger partial charge on any atom is -0.382 e. The van der Waals surface area contributed by atoms with Gasteiger partial charge in [0.25, 0.3) is 0 Å². The predicted molar refractivity (Wildman–Crippen MR) is 61.0 cm³/mol. The van der Waals surface area contributed by atoms with Crippen molar-refractivity contribution in [3.05, 3.63) is 35.9 Å². The molecule has 0 spiro atoms. The highest BCUT2D eigenvalue weighted by Gasteiger charge is 2.04. The van der Waals surface area contributed by atoms with Crippen molar-refractivity contribution in [3.8, 4) is 11.1 Å². The van der Waals surface area contributed by atoms with Crippen molar-refractivity contribution in [2.24, 2.45) is 0 Å². The van der Waals surface area contributed by atoms with Crippen LogP contribution < -0.4 is 11.5 Å². The predicted octanol–water partition coefficient (Wildman–Crippen LogP) is 1.62. The van der Waals surface area contributed by atoms with Gasteiger partial charge in [-0.15, -0.1) is 10.2 Å². The average molecular weight is 200 g/mol. The van der Waals surface area contributed by atoms with Gasteiger partial charge in [0.05, 0.1) is 0 Å². The van der Waals surface area contributed by atoms with Crippen LogP contribution in [-0.4, -0.2) is 10.2 Å². The van der Waals surface area contributed by atoms with Gasteiger partial charge in [0.15, 0.2) is 5.82 Å². The number of nitrogens with zero attached hydrogens (tertiary/aromatic N) is 2. The maximum atomic E-state index is 5.73. The van der Waals surface area contributed by atoms with Crippen molar-refractivity contribution in [1.29, 1.82) is 0 Å². The molecule has 0 amide bonds. The SMILES string of the molecule is Cc1ccc(-c2cc(N)nnc2N)cc1. The fourth-order valence-electron chi connectivity index (χ4n) is 1.38. The average Bonchev–Trinajstić information content (AvgIpc) is 2.23. The molecule has 0 atom stereocenters. The van der Waals surface area contributed by atoms with Gasteiger partial charge in [-0.1, -0.05) is 29.8 Å². The zero-order chi connectivity index (χ0) is 10.8. The zero-order valence-electron chi connectivity index (χ0n) is 8.44. The first kappa shape index (κ1) is 9.45. The van der Waals surface area contributed by atoms with Gasteiger partial charge in [-0.2, -0.15) is 0 Å². The summed E-state index contributed by atoms with van der Waals surface area (Å²) in [6.45, 7) is 2.03. The minimum absolute atomic E-state index is 0.375. The molecule has 76 valence electrons. The van der Waals surface area contributed by atoms with E-state index in [1.807, 2.05) is 31.2 Å². The van der Waals surface area contributed by atoms with Crippen LogP contribution in [0.25, 0.3) is 11.1 Å². The van der Waals surface area contributed by atoms with Gasteiger partial charge in [-0.25, -0.2) is 0 Å². The molecule has 0 bridgehead atoms. The van der Waals surface area contributed by atoms with Crippen LogP contribution in [0.15, 0.2) is 30.3 Å². The Bertz CT molecular complexity index is 476. The lowest BCUT2D eigenvalue weighted by Gasteiger charge is -2.05. The van der Waals surface area contributed by atoms with Crippen molar-refractivity contribution >= 4 is 11.6 Å². The van der Waals surface area contributed by atoms with Crippen LogP contribution in [0.5, 0.6) is 0 Å². The third-order valence-corrected chi connectivity index (χ3v) is 2.20. The Labute approximate surface area is 87.9 Å². The van der Waals surface area contributed by atoms with E-state index < -0.39 is 0 Å². The molecular formula is C11H12N4. The molecule has 1 heterocycles. The van der Waals surface area contributed by atoms with E-state index in [1.165, 1.54) is 5.56 Å². The molecular weight excluding hydrogens is 188 g/mol. The zero-order valence-corrected chi connectivity index (χ0v) is 8.44. The van der Waals surface area contributed by atoms with Crippen LogP contribution >= 0.6 is 0 Å². The second-order valence-corrected chi connectivity index (χ2v) is 3.43. The van der Waals surface area contributed by atoms with E-state index in [9.17, 15) is 0 Å². The van der Waals surface area contributed by atoms with Gasteiger partial charge in [0.2, 0.25) is 0 Å². The van der Waals surface area contributed by atoms with Gasteiger partial charge in [-0.05, 0) is 18.6 Å². The topological polar surface area (TPSA) is 77.8 Å². The second kappa shape index (κ2) is 3.57. The lowest BCUT2D eigenvalue weighted by molar-refractivity contribution is 1.05. The third-order valence-electron chi connectivity index (χ3n) is 2.20. The molecule has 4 heteroatoms. The molecule has 0 saturated heterocycles. The summed E-state index contributed by atoms with van der Waals surface area (Å²) in [4.78, 5) is 0. The Morgan fingerprint density at radius 1 is 1.00 bits per heavy atom. The standard InChI is InChI=1S/C11H12N4/c1-7-2-4-8(5-3-7)9-6-10(12)14-15-11(9)13/h2-6H,1H3,(H2,12,14)(H2,13,15). The van der Waals surface area contributed by atoms with Crippen molar-refractivity contribution in [1.82, 2.24) is 10.2 Å². The molecule has 1 aromatic carbocycles. The van der Waals surface area contributed by atoms with E-state index in [0.717, 1.165) is 11.1 Å². The Balaban J connectivity index is 2.53. The maximum Gasteiger partial charge on any atom is 0.154 e. The quantitative estimate of drug-likeness (QED) is 0.733. The molecule has 0 aliphatic carbocycles. The summed E-state index contributed by atoms with van der Waals surface area (Å²) >= 11 is 0. The van der Waals surface area contributed by atoms with Crippen LogP contribution in [0.4, 0.5) is 11.6 Å². The summed E-state index contributed by atoms with van der Waals surface area (Å²) in [5.41, 5.74) is 14.3. The van der Waals surface area contributed by atoms with Crippen LogP contribution in [0.3, 0.4) is 0 Å². The number of anilines is 2. The molecule has 0 aliphatic heterocycles. The van der Waals surface area contributed by atoms with Gasteiger partial charge < -0.3 is 11.5 Å². The molecule has 2 rings (SSSR count). The Morgan fingerprint density at radius 2 is 1.67 bits per heavy atom. The molecule has 0 saturated carbocycles. The number of benzene rings is 1. The molecule has 0 radical (unpaired) electrons. The molecule has 15 heavy (non-hydrogen) atoms. The summed E-state index contributed by atoms with van der Waals surface area (Å²) in [6.07, 6.45) is 0. The lowest BCUT2D eigenvalue weighted by Crippen LogP contribution is -2.00. The first-order valence-electron chi connectivity index (χ1n) is 4.62. The number of hydrogen-bond donors (Lipinski definition) is 2. The number of aryl methyl sites for hydroxylation is 1. The first-order valence-corrected chi connectivity index (χ1v) is 4.62. The van der Waals surface area contributed by atoms with E-state index in [-0.39, 0.29) is 0 Å². The Hall–Kier alpha value is -2.10. The molecule has 1 aromatic heterocycles. The van der Waals surface area contributed by atoms with Gasteiger partial charge in [0, 0.05) is 5.56 Å². The summed E-state index contributed by atoms with van der Waals surface area (Å²) < 4.78 is 0. The fourth-order valence-corrected chi connectivity index (χ4v) is 1.38. The van der Waals surface area contributed by atoms with Crippen LogP contribution in [0.2, 0.25) is 0 Å². The van der Waals surface area contributed by atoms with Crippen molar-refractivity contribution in [2.45, 2.75) is 6.92 Å². The largest absolute Gasteiger partial charge is 0.382 e. The molecule has 0 unspecified atom stereocenters. The smallest absolute Gasteiger partial charge is 0.154 e. The highest BCUT2D eigenvalue weighted by molar-refractivity contribution is 5.75. The summed E-state index contributed by atoms with van der Waals surface area (Å²) in [6, 6.07) is 9.74. The summed E-state index contributed by atoms with van der Waals surface area (Å²) in [5, 5.41) is 7.47. The lowest BCUT2D eigenvalue weighted by atomic mass is 10.1. The highest BCUT2D eigenvalue weighted by atomic mass is 15.2. The number of rotatable bonds is 1. The molecule has 4 nitrogen and oxygen atoms in total. The van der Waals surface area contributed by atoms with Crippen LogP contribution in [-0.2, 0) is 0 Å². The summed E-state index contributed by atoms with van der Waals surface area (Å²) in [5.74, 6) is 0.771. The van der Waals surface area contributed by atoms with Crippen LogP contribution in [0.1, 0.15) is 5.56 Å². The van der Waals surface area contributed by atoms with Gasteiger partial charge in [-0.3, -0.25) is 0 Å². The van der Waals surface area contributed by atoms with E-state index >= 15 is 0 Å². The number of nitrogens with two attached hydrogens (primary N) is 2. The molecule has 0 fully saturated rings. The molecule has 2 aromatic rings. The highest BCUT2D eigenvalue weighted by Crippen LogP contribution is 2.24. The minimum atomic E-state index is 0.375. The van der Waals surface area contributed by atoms with E-state index in [1.54, 1.807) is 6.07 Å². The third kappa shape index (κ3) is 1.88. The van der Waals surface area contributed by atoms with Crippen molar-refractivity contribution < 1.29 is 0 Å². The fraction of sp³-hybridized carbons (Fsp3) is 0.0909. The number of hydrogen-bond acceptors (Lipinski definition) is 4. The first-order chi connectivity index (χ1) is 7.16. The molecule has 0 aliphatic rings. The van der Waals surface area contributed by atoms with Gasteiger partial charge in [0.1, 0.15) is 5.82 Å². The van der Waals surface area contributed by atoms with E-state index in [2.05, 4.69) is 10.2 Å². The van der Waals surface area contributed by atoms with Crippen LogP contribution in [0, 0.1) is 6.92 Å². The van der Waals surface area contributed by atoms with Crippen molar-refractivity contribution in [2.75, 3.05) is 11.5 Å². The monoisotopic (exact) mass is 200 g/mol. The Kier molecular flexibility index (Phi) is 2.25. The number of aromatic nitrogens is 2. The Morgan fingerprint density at radius 3 is 2.33 bits per heavy atom. The normalized spacial score (nSPS) is 10.2. The molecule has 4 N–H and O–H groups in total. The number of nitrogen functional groups attached to an aromatic ring is 2. The summed E-state index contributed by atoms with van der Waals surface area (Å²) in [7, 11) is 0.